The van der Waals surface area contributed by atoms with Gasteiger partial charge in [0.05, 0.1) is 17.5 Å². The third-order valence-corrected chi connectivity index (χ3v) is 4.24. The van der Waals surface area contributed by atoms with Gasteiger partial charge in [-0.2, -0.15) is 0 Å². The smallest absolute Gasteiger partial charge is 0.225 e. The predicted octanol–water partition coefficient (Wildman–Crippen LogP) is 4.62. The monoisotopic (exact) mass is 339 g/mol. The van der Waals surface area contributed by atoms with Crippen molar-refractivity contribution in [3.63, 3.8) is 0 Å². The molecule has 0 amide bonds. The molecule has 0 radical (unpaired) electrons. The summed E-state index contributed by atoms with van der Waals surface area (Å²) in [5.74, 6) is 1.38. The number of nitrogens with one attached hydrogen (secondary N) is 1. The van der Waals surface area contributed by atoms with Crippen molar-refractivity contribution >= 4 is 50.6 Å². The van der Waals surface area contributed by atoms with Gasteiger partial charge in [0.15, 0.2) is 0 Å². The summed E-state index contributed by atoms with van der Waals surface area (Å²) in [6.07, 6.45) is 0. The van der Waals surface area contributed by atoms with E-state index in [1.54, 1.807) is 7.11 Å². The van der Waals surface area contributed by atoms with Gasteiger partial charge < -0.3 is 10.1 Å². The van der Waals surface area contributed by atoms with E-state index >= 15 is 0 Å². The van der Waals surface area contributed by atoms with E-state index in [2.05, 4.69) is 15.3 Å². The topological polar surface area (TPSA) is 47.0 Å². The van der Waals surface area contributed by atoms with Crippen LogP contribution in [-0.2, 0) is 6.54 Å². The molecule has 2 aromatic heterocycles. The maximum Gasteiger partial charge on any atom is 0.225 e. The lowest BCUT2D eigenvalue weighted by Crippen LogP contribution is -2.02. The van der Waals surface area contributed by atoms with E-state index in [4.69, 9.17) is 27.9 Å². The van der Waals surface area contributed by atoms with Gasteiger partial charge >= 0.3 is 0 Å². The van der Waals surface area contributed by atoms with Crippen LogP contribution in [-0.4, -0.2) is 17.1 Å². The zero-order valence-electron chi connectivity index (χ0n) is 11.1. The van der Waals surface area contributed by atoms with Crippen LogP contribution in [0.4, 0.5) is 5.82 Å². The van der Waals surface area contributed by atoms with Crippen LogP contribution in [0.15, 0.2) is 29.6 Å². The van der Waals surface area contributed by atoms with Crippen molar-refractivity contribution in [1.29, 1.82) is 0 Å². The zero-order valence-corrected chi connectivity index (χ0v) is 13.4. The minimum absolute atomic E-state index is 0.236. The number of ether oxygens (including phenoxy) is 1. The summed E-state index contributed by atoms with van der Waals surface area (Å²) in [6, 6.07) is 7.62. The van der Waals surface area contributed by atoms with Gasteiger partial charge in [0.2, 0.25) is 5.28 Å². The Hall–Kier alpha value is -1.56. The number of rotatable bonds is 4. The third-order valence-electron chi connectivity index (χ3n) is 2.97. The molecule has 3 aromatic rings. The second-order valence-corrected chi connectivity index (χ2v) is 5.94. The molecule has 3 rings (SSSR count). The number of anilines is 1. The fourth-order valence-electron chi connectivity index (χ4n) is 1.97. The molecule has 0 bridgehead atoms. The van der Waals surface area contributed by atoms with Crippen LogP contribution in [0, 0.1) is 0 Å². The first-order valence-corrected chi connectivity index (χ1v) is 7.78. The average Bonchev–Trinajstić information content (AvgIpc) is 2.93. The van der Waals surface area contributed by atoms with Crippen molar-refractivity contribution < 1.29 is 4.74 Å². The van der Waals surface area contributed by atoms with Crippen molar-refractivity contribution in [3.05, 3.63) is 45.5 Å². The second-order valence-electron chi connectivity index (χ2n) is 4.30. The van der Waals surface area contributed by atoms with Crippen molar-refractivity contribution in [2.45, 2.75) is 6.54 Å². The lowest BCUT2D eigenvalue weighted by atomic mass is 10.2. The van der Waals surface area contributed by atoms with Crippen LogP contribution < -0.4 is 10.1 Å². The lowest BCUT2D eigenvalue weighted by Gasteiger charge is -2.09. The summed E-state index contributed by atoms with van der Waals surface area (Å²) in [5.41, 5.74) is 1.03. The summed E-state index contributed by atoms with van der Waals surface area (Å²) in [5, 5.41) is 7.01. The lowest BCUT2D eigenvalue weighted by molar-refractivity contribution is 0.415. The number of hydrogen-bond donors (Lipinski definition) is 1. The number of aromatic nitrogens is 2. The molecule has 0 aliphatic rings. The minimum atomic E-state index is 0.236. The van der Waals surface area contributed by atoms with Crippen molar-refractivity contribution in [2.24, 2.45) is 0 Å². The summed E-state index contributed by atoms with van der Waals surface area (Å²) >= 11 is 13.6. The van der Waals surface area contributed by atoms with Crippen LogP contribution in [0.5, 0.6) is 5.75 Å². The standard InChI is InChI=1S/C14H11Cl2N3OS/c1-20-11-3-2-8(6-10(11)15)7-17-12-9-4-5-21-13(9)19-14(16)18-12/h2-6H,7H2,1H3,(H,17,18,19). The minimum Gasteiger partial charge on any atom is -0.495 e. The first kappa shape index (κ1) is 14.4. The first-order valence-electron chi connectivity index (χ1n) is 6.14. The van der Waals surface area contributed by atoms with E-state index in [9.17, 15) is 0 Å². The molecular formula is C14H11Cl2N3OS. The summed E-state index contributed by atoms with van der Waals surface area (Å²) in [7, 11) is 1.59. The Morgan fingerprint density at radius 2 is 2.10 bits per heavy atom. The zero-order chi connectivity index (χ0) is 14.8. The Morgan fingerprint density at radius 1 is 1.24 bits per heavy atom. The highest BCUT2D eigenvalue weighted by Crippen LogP contribution is 2.28. The van der Waals surface area contributed by atoms with Gasteiger partial charge in [-0.3, -0.25) is 0 Å². The van der Waals surface area contributed by atoms with E-state index < -0.39 is 0 Å². The molecule has 0 saturated heterocycles. The number of nitrogens with zero attached hydrogens (tertiary/aromatic N) is 2. The molecule has 0 spiro atoms. The van der Waals surface area contributed by atoms with Gasteiger partial charge in [0, 0.05) is 6.54 Å². The van der Waals surface area contributed by atoms with Gasteiger partial charge in [0.1, 0.15) is 16.4 Å². The number of fused-ring (bicyclic) bond motifs is 1. The molecule has 1 aromatic carbocycles. The van der Waals surface area contributed by atoms with Gasteiger partial charge in [-0.15, -0.1) is 11.3 Å². The molecule has 0 fully saturated rings. The molecule has 7 heteroatoms. The van der Waals surface area contributed by atoms with Crippen molar-refractivity contribution in [2.75, 3.05) is 12.4 Å². The normalized spacial score (nSPS) is 10.8. The van der Waals surface area contributed by atoms with Crippen LogP contribution in [0.1, 0.15) is 5.56 Å². The molecule has 0 atom stereocenters. The van der Waals surface area contributed by atoms with E-state index in [0.717, 1.165) is 21.6 Å². The highest BCUT2D eigenvalue weighted by molar-refractivity contribution is 7.16. The van der Waals surface area contributed by atoms with Crippen LogP contribution in [0.2, 0.25) is 10.3 Å². The van der Waals surface area contributed by atoms with E-state index in [-0.39, 0.29) is 5.28 Å². The number of thiophene rings is 1. The molecule has 0 saturated carbocycles. The Labute approximate surface area is 135 Å². The van der Waals surface area contributed by atoms with E-state index in [1.165, 1.54) is 11.3 Å². The Kier molecular flexibility index (Phi) is 4.14. The highest BCUT2D eigenvalue weighted by atomic mass is 35.5. The molecule has 21 heavy (non-hydrogen) atoms. The second kappa shape index (κ2) is 6.05. The highest BCUT2D eigenvalue weighted by Gasteiger charge is 2.08. The predicted molar refractivity (Wildman–Crippen MR) is 87.8 cm³/mol. The average molecular weight is 340 g/mol. The molecular weight excluding hydrogens is 329 g/mol. The van der Waals surface area contributed by atoms with Crippen molar-refractivity contribution in [3.8, 4) is 5.75 Å². The number of halogens is 2. The fourth-order valence-corrected chi connectivity index (χ4v) is 3.23. The quantitative estimate of drug-likeness (QED) is 0.704. The number of benzene rings is 1. The summed E-state index contributed by atoms with van der Waals surface area (Å²) in [6.45, 7) is 0.585. The van der Waals surface area contributed by atoms with Gasteiger partial charge in [-0.1, -0.05) is 17.7 Å². The van der Waals surface area contributed by atoms with Crippen LogP contribution in [0.25, 0.3) is 10.2 Å². The molecule has 0 aliphatic carbocycles. The molecule has 108 valence electrons. The Morgan fingerprint density at radius 3 is 2.86 bits per heavy atom. The van der Waals surface area contributed by atoms with Gasteiger partial charge in [-0.05, 0) is 40.7 Å². The molecule has 4 nitrogen and oxygen atoms in total. The van der Waals surface area contributed by atoms with Crippen LogP contribution >= 0.6 is 34.5 Å². The van der Waals surface area contributed by atoms with Gasteiger partial charge in [-0.25, -0.2) is 9.97 Å². The molecule has 0 unspecified atom stereocenters. The third kappa shape index (κ3) is 3.05. The summed E-state index contributed by atoms with van der Waals surface area (Å²) < 4.78 is 5.14. The van der Waals surface area contributed by atoms with Crippen LogP contribution in [0.3, 0.4) is 0 Å². The largest absolute Gasteiger partial charge is 0.495 e. The van der Waals surface area contributed by atoms with Gasteiger partial charge in [0.25, 0.3) is 0 Å². The Balaban J connectivity index is 1.83. The van der Waals surface area contributed by atoms with E-state index in [1.807, 2.05) is 29.6 Å². The maximum atomic E-state index is 6.12. The molecule has 0 aliphatic heterocycles. The molecule has 2 heterocycles. The maximum absolute atomic E-state index is 6.12. The molecule has 1 N–H and O–H groups in total. The first-order chi connectivity index (χ1) is 10.2. The Bertz CT molecular complexity index is 791. The number of methoxy groups -OCH3 is 1. The van der Waals surface area contributed by atoms with E-state index in [0.29, 0.717) is 17.3 Å². The number of hydrogen-bond acceptors (Lipinski definition) is 5. The fraction of sp³-hybridized carbons (Fsp3) is 0.143. The summed E-state index contributed by atoms with van der Waals surface area (Å²) in [4.78, 5) is 9.29. The van der Waals surface area contributed by atoms with Crippen molar-refractivity contribution in [1.82, 2.24) is 9.97 Å². The SMILES string of the molecule is COc1ccc(CNc2nc(Cl)nc3sccc23)cc1Cl.